The predicted molar refractivity (Wildman–Crippen MR) is 105 cm³/mol. The maximum atomic E-state index is 14.7. The quantitative estimate of drug-likeness (QED) is 0.795. The van der Waals surface area contributed by atoms with Gasteiger partial charge in [-0.3, -0.25) is 4.90 Å². The molecule has 3 rings (SSSR count). The van der Waals surface area contributed by atoms with Crippen LogP contribution in [0.25, 0.3) is 0 Å². The largest absolute Gasteiger partial charge is 0.465 e. The first kappa shape index (κ1) is 20.9. The molecule has 2 saturated heterocycles. The number of rotatable bonds is 5. The molecule has 0 saturated carbocycles. The summed E-state index contributed by atoms with van der Waals surface area (Å²) < 4.78 is 37.8. The predicted octanol–water partition coefficient (Wildman–Crippen LogP) is 1.94. The second kappa shape index (κ2) is 8.65. The Balaban J connectivity index is 1.46. The molecule has 2 aliphatic heterocycles. The highest BCUT2D eigenvalue weighted by atomic mass is 32.2. The van der Waals surface area contributed by atoms with Gasteiger partial charge in [-0.2, -0.15) is 0 Å². The standard InChI is InChI=1S/C19H28FN3O4S/c1-28(26,27)17-4-2-16(3-5-17)22-12-10-21(11-13-22)14-18(20)15-6-8-23(9-7-15)19(24)25/h2-5,15,18H,6-14H2,1H3,(H,24,25). The Morgan fingerprint density at radius 3 is 2.18 bits per heavy atom. The minimum Gasteiger partial charge on any atom is -0.465 e. The van der Waals surface area contributed by atoms with Gasteiger partial charge >= 0.3 is 6.09 Å². The molecule has 2 aliphatic rings. The number of hydrogen-bond donors (Lipinski definition) is 1. The number of piperazine rings is 1. The summed E-state index contributed by atoms with van der Waals surface area (Å²) in [7, 11) is -3.20. The third kappa shape index (κ3) is 5.14. The van der Waals surface area contributed by atoms with Gasteiger partial charge in [0, 0.05) is 57.8 Å². The Labute approximate surface area is 165 Å². The molecule has 0 spiro atoms. The van der Waals surface area contributed by atoms with Crippen molar-refractivity contribution in [3.8, 4) is 0 Å². The number of carbonyl (C=O) groups is 1. The van der Waals surface area contributed by atoms with Crippen molar-refractivity contribution < 1.29 is 22.7 Å². The van der Waals surface area contributed by atoms with Crippen molar-refractivity contribution in [3.05, 3.63) is 24.3 Å². The second-order valence-corrected chi connectivity index (χ2v) is 9.69. The number of halogens is 1. The second-order valence-electron chi connectivity index (χ2n) is 7.68. The van der Waals surface area contributed by atoms with Crippen molar-refractivity contribution in [2.24, 2.45) is 5.92 Å². The van der Waals surface area contributed by atoms with Crippen LogP contribution in [0.3, 0.4) is 0 Å². The molecule has 1 aromatic rings. The van der Waals surface area contributed by atoms with Gasteiger partial charge in [0.15, 0.2) is 9.84 Å². The van der Waals surface area contributed by atoms with Gasteiger partial charge in [0.05, 0.1) is 4.90 Å². The van der Waals surface area contributed by atoms with E-state index >= 15 is 0 Å². The van der Waals surface area contributed by atoms with Crippen LogP contribution in [0, 0.1) is 5.92 Å². The third-order valence-corrected chi connectivity index (χ3v) is 6.89. The van der Waals surface area contributed by atoms with Crippen molar-refractivity contribution in [2.75, 3.05) is 57.0 Å². The van der Waals surface area contributed by atoms with E-state index in [9.17, 15) is 17.6 Å². The fourth-order valence-corrected chi connectivity index (χ4v) is 4.57. The van der Waals surface area contributed by atoms with E-state index in [1.165, 1.54) is 11.2 Å². The van der Waals surface area contributed by atoms with Crippen molar-refractivity contribution in [1.82, 2.24) is 9.80 Å². The lowest BCUT2D eigenvalue weighted by molar-refractivity contribution is 0.0814. The Morgan fingerprint density at radius 1 is 1.11 bits per heavy atom. The first-order chi connectivity index (χ1) is 13.2. The maximum absolute atomic E-state index is 14.7. The molecule has 0 aliphatic carbocycles. The molecule has 2 heterocycles. The van der Waals surface area contributed by atoms with Crippen LogP contribution in [-0.2, 0) is 9.84 Å². The average Bonchev–Trinajstić information content (AvgIpc) is 2.68. The summed E-state index contributed by atoms with van der Waals surface area (Å²) in [5, 5.41) is 8.99. The molecule has 2 fully saturated rings. The van der Waals surface area contributed by atoms with Crippen molar-refractivity contribution in [2.45, 2.75) is 23.9 Å². The summed E-state index contributed by atoms with van der Waals surface area (Å²) in [4.78, 5) is 16.9. The minimum absolute atomic E-state index is 0.0721. The van der Waals surface area contributed by atoms with Gasteiger partial charge in [-0.25, -0.2) is 17.6 Å². The summed E-state index contributed by atoms with van der Waals surface area (Å²) in [5.41, 5.74) is 0.977. The molecular weight excluding hydrogens is 385 g/mol. The third-order valence-electron chi connectivity index (χ3n) is 5.76. The van der Waals surface area contributed by atoms with E-state index < -0.39 is 22.1 Å². The number of alkyl halides is 1. The lowest BCUT2D eigenvalue weighted by Crippen LogP contribution is -2.49. The summed E-state index contributed by atoms with van der Waals surface area (Å²) in [6.45, 7) is 4.25. The monoisotopic (exact) mass is 413 g/mol. The number of anilines is 1. The highest BCUT2D eigenvalue weighted by molar-refractivity contribution is 7.90. The summed E-state index contributed by atoms with van der Waals surface area (Å²) in [6, 6.07) is 6.89. The van der Waals surface area contributed by atoms with Crippen molar-refractivity contribution in [3.63, 3.8) is 0 Å². The zero-order valence-electron chi connectivity index (χ0n) is 16.1. The zero-order chi connectivity index (χ0) is 20.3. The number of nitrogens with zero attached hydrogens (tertiary/aromatic N) is 3. The number of likely N-dealkylation sites (tertiary alicyclic amines) is 1. The van der Waals surface area contributed by atoms with Gasteiger partial charge in [0.1, 0.15) is 6.17 Å². The molecule has 9 heteroatoms. The Kier molecular flexibility index (Phi) is 6.44. The number of sulfone groups is 1. The van der Waals surface area contributed by atoms with Gasteiger partial charge in [0.2, 0.25) is 0 Å². The number of amides is 1. The maximum Gasteiger partial charge on any atom is 0.407 e. The normalized spacial score (nSPS) is 20.9. The molecule has 1 unspecified atom stereocenters. The molecule has 156 valence electrons. The van der Waals surface area contributed by atoms with Gasteiger partial charge in [-0.15, -0.1) is 0 Å². The van der Waals surface area contributed by atoms with Gasteiger partial charge in [-0.05, 0) is 43.0 Å². The number of benzene rings is 1. The van der Waals surface area contributed by atoms with E-state index in [4.69, 9.17) is 5.11 Å². The Bertz CT molecular complexity index is 771. The minimum atomic E-state index is -3.20. The highest BCUT2D eigenvalue weighted by Crippen LogP contribution is 2.25. The molecule has 28 heavy (non-hydrogen) atoms. The fourth-order valence-electron chi connectivity index (χ4n) is 3.94. The van der Waals surface area contributed by atoms with E-state index in [1.807, 2.05) is 12.1 Å². The average molecular weight is 414 g/mol. The summed E-state index contributed by atoms with van der Waals surface area (Å²) in [5.74, 6) is -0.0721. The van der Waals surface area contributed by atoms with Crippen LogP contribution < -0.4 is 4.90 Å². The summed E-state index contributed by atoms with van der Waals surface area (Å²) in [6.07, 6.45) is 0.506. The zero-order valence-corrected chi connectivity index (χ0v) is 16.9. The van der Waals surface area contributed by atoms with E-state index in [2.05, 4.69) is 9.80 Å². The Morgan fingerprint density at radius 2 is 1.68 bits per heavy atom. The molecule has 1 amide bonds. The molecule has 0 radical (unpaired) electrons. The first-order valence-electron chi connectivity index (χ1n) is 9.63. The molecule has 0 bridgehead atoms. The van der Waals surface area contributed by atoms with Gasteiger partial charge in [-0.1, -0.05) is 0 Å². The molecule has 1 aromatic carbocycles. The van der Waals surface area contributed by atoms with Crippen LogP contribution in [0.15, 0.2) is 29.2 Å². The summed E-state index contributed by atoms with van der Waals surface area (Å²) >= 11 is 0. The number of piperidine rings is 1. The van der Waals surface area contributed by atoms with Crippen LogP contribution >= 0.6 is 0 Å². The Hall–Kier alpha value is -1.87. The van der Waals surface area contributed by atoms with E-state index in [-0.39, 0.29) is 5.92 Å². The SMILES string of the molecule is CS(=O)(=O)c1ccc(N2CCN(CC(F)C3CCN(C(=O)O)CC3)CC2)cc1. The van der Waals surface area contributed by atoms with Crippen LogP contribution in [0.1, 0.15) is 12.8 Å². The van der Waals surface area contributed by atoms with E-state index in [0.717, 1.165) is 31.9 Å². The highest BCUT2D eigenvalue weighted by Gasteiger charge is 2.30. The number of carboxylic acid groups (broad SMARTS) is 1. The lowest BCUT2D eigenvalue weighted by Gasteiger charge is -2.38. The lowest BCUT2D eigenvalue weighted by atomic mass is 9.92. The van der Waals surface area contributed by atoms with Crippen molar-refractivity contribution in [1.29, 1.82) is 0 Å². The molecular formula is C19H28FN3O4S. The van der Waals surface area contributed by atoms with E-state index in [1.54, 1.807) is 12.1 Å². The first-order valence-corrected chi connectivity index (χ1v) is 11.5. The molecule has 1 atom stereocenters. The topological polar surface area (TPSA) is 81.2 Å². The van der Waals surface area contributed by atoms with Crippen molar-refractivity contribution >= 4 is 21.6 Å². The smallest absolute Gasteiger partial charge is 0.407 e. The van der Waals surface area contributed by atoms with Crippen LogP contribution in [0.4, 0.5) is 14.9 Å². The van der Waals surface area contributed by atoms with Crippen LogP contribution in [0.5, 0.6) is 0 Å². The van der Waals surface area contributed by atoms with Gasteiger partial charge < -0.3 is 14.9 Å². The van der Waals surface area contributed by atoms with Gasteiger partial charge in [0.25, 0.3) is 0 Å². The molecule has 0 aromatic heterocycles. The van der Waals surface area contributed by atoms with Crippen LogP contribution in [0.2, 0.25) is 0 Å². The van der Waals surface area contributed by atoms with Crippen LogP contribution in [-0.4, -0.2) is 87.7 Å². The van der Waals surface area contributed by atoms with E-state index in [0.29, 0.717) is 37.4 Å². The molecule has 7 nitrogen and oxygen atoms in total. The molecule has 1 N–H and O–H groups in total. The number of hydrogen-bond acceptors (Lipinski definition) is 5. The fraction of sp³-hybridized carbons (Fsp3) is 0.632.